The highest BCUT2D eigenvalue weighted by Crippen LogP contribution is 1.94. The van der Waals surface area contributed by atoms with Crippen LogP contribution in [0.5, 0.6) is 0 Å². The van der Waals surface area contributed by atoms with E-state index in [1.54, 1.807) is 13.1 Å². The summed E-state index contributed by atoms with van der Waals surface area (Å²) in [4.78, 5) is 26.8. The minimum atomic E-state index is -1.27. The number of nitrogens with one attached hydrogen (secondary N) is 1. The SMILES string of the molecule is CCOC(=O)C(N)C(=O)NCCc1nccn1C. The Hall–Kier alpha value is -1.89. The van der Waals surface area contributed by atoms with Gasteiger partial charge in [0, 0.05) is 32.4 Å². The molecule has 0 aromatic carbocycles. The Morgan fingerprint density at radius 1 is 1.61 bits per heavy atom. The van der Waals surface area contributed by atoms with Crippen molar-refractivity contribution in [3.8, 4) is 0 Å². The molecule has 0 aliphatic carbocycles. The smallest absolute Gasteiger partial charge is 0.332 e. The average molecular weight is 254 g/mol. The summed E-state index contributed by atoms with van der Waals surface area (Å²) in [7, 11) is 1.87. The molecule has 1 heterocycles. The summed E-state index contributed by atoms with van der Waals surface area (Å²) < 4.78 is 6.51. The number of amides is 1. The molecule has 1 aromatic heterocycles. The number of hydrogen-bond acceptors (Lipinski definition) is 5. The molecule has 0 aliphatic heterocycles. The molecule has 0 saturated heterocycles. The van der Waals surface area contributed by atoms with E-state index in [-0.39, 0.29) is 6.61 Å². The summed E-state index contributed by atoms with van der Waals surface area (Å²) in [6.45, 7) is 2.23. The molecule has 1 atom stereocenters. The van der Waals surface area contributed by atoms with Crippen LogP contribution in [-0.2, 0) is 27.8 Å². The van der Waals surface area contributed by atoms with Crippen LogP contribution in [0, 0.1) is 0 Å². The molecule has 0 bridgehead atoms. The maximum absolute atomic E-state index is 11.5. The fourth-order valence-electron chi connectivity index (χ4n) is 1.38. The Morgan fingerprint density at radius 2 is 2.33 bits per heavy atom. The molecule has 7 nitrogen and oxygen atoms in total. The number of carbonyl (C=O) groups is 2. The molecular weight excluding hydrogens is 236 g/mol. The molecule has 1 rings (SSSR count). The van der Waals surface area contributed by atoms with Crippen molar-refractivity contribution >= 4 is 11.9 Å². The fraction of sp³-hybridized carbons (Fsp3) is 0.545. The summed E-state index contributed by atoms with van der Waals surface area (Å²) >= 11 is 0. The predicted octanol–water partition coefficient (Wildman–Crippen LogP) is -1.03. The molecule has 0 aliphatic rings. The zero-order valence-corrected chi connectivity index (χ0v) is 10.5. The van der Waals surface area contributed by atoms with Crippen molar-refractivity contribution < 1.29 is 14.3 Å². The van der Waals surface area contributed by atoms with Crippen LogP contribution in [0.2, 0.25) is 0 Å². The lowest BCUT2D eigenvalue weighted by Crippen LogP contribution is -2.47. The van der Waals surface area contributed by atoms with Gasteiger partial charge in [-0.25, -0.2) is 9.78 Å². The number of rotatable bonds is 6. The van der Waals surface area contributed by atoms with Crippen molar-refractivity contribution in [1.29, 1.82) is 0 Å². The fourth-order valence-corrected chi connectivity index (χ4v) is 1.38. The summed E-state index contributed by atoms with van der Waals surface area (Å²) in [5.41, 5.74) is 5.43. The van der Waals surface area contributed by atoms with E-state index in [9.17, 15) is 9.59 Å². The number of ether oxygens (including phenoxy) is 1. The lowest BCUT2D eigenvalue weighted by atomic mass is 10.3. The first-order chi connectivity index (χ1) is 8.56. The summed E-state index contributed by atoms with van der Waals surface area (Å²) in [6, 6.07) is -1.27. The van der Waals surface area contributed by atoms with Crippen LogP contribution in [0.15, 0.2) is 12.4 Å². The van der Waals surface area contributed by atoms with Crippen molar-refractivity contribution in [2.45, 2.75) is 19.4 Å². The number of nitrogens with two attached hydrogens (primary N) is 1. The first-order valence-electron chi connectivity index (χ1n) is 5.72. The van der Waals surface area contributed by atoms with Gasteiger partial charge in [-0.2, -0.15) is 0 Å². The van der Waals surface area contributed by atoms with E-state index in [4.69, 9.17) is 5.73 Å². The second-order valence-electron chi connectivity index (χ2n) is 3.73. The molecule has 0 fully saturated rings. The highest BCUT2D eigenvalue weighted by Gasteiger charge is 2.22. The number of imidazole rings is 1. The third-order valence-corrected chi connectivity index (χ3v) is 2.39. The lowest BCUT2D eigenvalue weighted by molar-refractivity contribution is -0.147. The highest BCUT2D eigenvalue weighted by molar-refractivity contribution is 6.01. The molecule has 7 heteroatoms. The lowest BCUT2D eigenvalue weighted by Gasteiger charge is -2.11. The van der Waals surface area contributed by atoms with E-state index >= 15 is 0 Å². The van der Waals surface area contributed by atoms with Gasteiger partial charge in [-0.1, -0.05) is 0 Å². The van der Waals surface area contributed by atoms with Crippen molar-refractivity contribution in [2.24, 2.45) is 12.8 Å². The molecule has 100 valence electrons. The summed E-state index contributed by atoms with van der Waals surface area (Å²) in [5.74, 6) is -0.408. The Labute approximate surface area is 105 Å². The van der Waals surface area contributed by atoms with Crippen molar-refractivity contribution in [2.75, 3.05) is 13.2 Å². The standard InChI is InChI=1S/C11H18N4O3/c1-3-18-11(17)9(12)10(16)14-5-4-8-13-6-7-15(8)2/h6-7,9H,3-5,12H2,1-2H3,(H,14,16). The van der Waals surface area contributed by atoms with Crippen LogP contribution in [-0.4, -0.2) is 40.6 Å². The number of esters is 1. The van der Waals surface area contributed by atoms with E-state index in [1.807, 2.05) is 17.8 Å². The zero-order valence-electron chi connectivity index (χ0n) is 10.5. The van der Waals surface area contributed by atoms with Gasteiger partial charge in [0.15, 0.2) is 6.04 Å². The van der Waals surface area contributed by atoms with E-state index in [0.29, 0.717) is 13.0 Å². The molecule has 1 aromatic rings. The Balaban J connectivity index is 2.33. The summed E-state index contributed by atoms with van der Waals surface area (Å²) in [6.07, 6.45) is 4.08. The van der Waals surface area contributed by atoms with Gasteiger partial charge in [-0.05, 0) is 6.92 Å². The van der Waals surface area contributed by atoms with Gasteiger partial charge in [0.05, 0.1) is 6.61 Å². The number of nitrogens with zero attached hydrogens (tertiary/aromatic N) is 2. The quantitative estimate of drug-likeness (QED) is 0.499. The molecule has 3 N–H and O–H groups in total. The highest BCUT2D eigenvalue weighted by atomic mass is 16.5. The largest absolute Gasteiger partial charge is 0.464 e. The van der Waals surface area contributed by atoms with Gasteiger partial charge in [-0.15, -0.1) is 0 Å². The minimum absolute atomic E-state index is 0.201. The number of aromatic nitrogens is 2. The number of carbonyl (C=O) groups excluding carboxylic acids is 2. The van der Waals surface area contributed by atoms with Gasteiger partial charge in [0.25, 0.3) is 0 Å². The van der Waals surface area contributed by atoms with E-state index in [2.05, 4.69) is 15.0 Å². The topological polar surface area (TPSA) is 99.2 Å². The number of aryl methyl sites for hydroxylation is 1. The molecular formula is C11H18N4O3. The van der Waals surface area contributed by atoms with Gasteiger partial charge in [0.2, 0.25) is 5.91 Å². The molecule has 1 amide bonds. The second kappa shape index (κ2) is 6.75. The van der Waals surface area contributed by atoms with E-state index in [0.717, 1.165) is 5.82 Å². The van der Waals surface area contributed by atoms with Crippen LogP contribution in [0.4, 0.5) is 0 Å². The Morgan fingerprint density at radius 3 is 2.89 bits per heavy atom. The minimum Gasteiger partial charge on any atom is -0.464 e. The average Bonchev–Trinajstić information content (AvgIpc) is 2.74. The normalized spacial score (nSPS) is 11.9. The van der Waals surface area contributed by atoms with Crippen LogP contribution in [0.25, 0.3) is 0 Å². The molecule has 0 saturated carbocycles. The van der Waals surface area contributed by atoms with Gasteiger partial charge >= 0.3 is 5.97 Å². The molecule has 0 spiro atoms. The molecule has 0 radical (unpaired) electrons. The Kier molecular flexibility index (Phi) is 5.31. The van der Waals surface area contributed by atoms with Crippen molar-refractivity contribution in [3.05, 3.63) is 18.2 Å². The monoisotopic (exact) mass is 254 g/mol. The van der Waals surface area contributed by atoms with Crippen LogP contribution in [0.3, 0.4) is 0 Å². The molecule has 1 unspecified atom stereocenters. The van der Waals surface area contributed by atoms with Crippen LogP contribution >= 0.6 is 0 Å². The third kappa shape index (κ3) is 3.85. The maximum atomic E-state index is 11.5. The first-order valence-corrected chi connectivity index (χ1v) is 5.72. The second-order valence-corrected chi connectivity index (χ2v) is 3.73. The van der Waals surface area contributed by atoms with E-state index < -0.39 is 17.9 Å². The maximum Gasteiger partial charge on any atom is 0.332 e. The van der Waals surface area contributed by atoms with Crippen molar-refractivity contribution in [1.82, 2.24) is 14.9 Å². The van der Waals surface area contributed by atoms with Gasteiger partial charge in [-0.3, -0.25) is 4.79 Å². The van der Waals surface area contributed by atoms with Gasteiger partial charge in [0.1, 0.15) is 5.82 Å². The molecule has 18 heavy (non-hydrogen) atoms. The van der Waals surface area contributed by atoms with Crippen LogP contribution in [0.1, 0.15) is 12.7 Å². The van der Waals surface area contributed by atoms with Crippen LogP contribution < -0.4 is 11.1 Å². The Bertz CT molecular complexity index is 416. The summed E-state index contributed by atoms with van der Waals surface area (Å²) in [5, 5.41) is 2.57. The predicted molar refractivity (Wildman–Crippen MR) is 64.5 cm³/mol. The van der Waals surface area contributed by atoms with Crippen molar-refractivity contribution in [3.63, 3.8) is 0 Å². The van der Waals surface area contributed by atoms with E-state index in [1.165, 1.54) is 0 Å². The number of hydrogen-bond donors (Lipinski definition) is 2. The van der Waals surface area contributed by atoms with Gasteiger partial charge < -0.3 is 20.4 Å². The third-order valence-electron chi connectivity index (χ3n) is 2.39. The zero-order chi connectivity index (χ0) is 13.5. The first kappa shape index (κ1) is 14.2.